The van der Waals surface area contributed by atoms with E-state index < -0.39 is 17.6 Å². The van der Waals surface area contributed by atoms with Crippen molar-refractivity contribution in [1.82, 2.24) is 0 Å². The minimum absolute atomic E-state index is 0.0766. The van der Waals surface area contributed by atoms with Crippen LogP contribution in [0.1, 0.15) is 22.6 Å². The van der Waals surface area contributed by atoms with E-state index in [2.05, 4.69) is 0 Å². The second kappa shape index (κ2) is 7.78. The predicted octanol–water partition coefficient (Wildman–Crippen LogP) is 5.28. The molecule has 0 heterocycles. The second-order valence-electron chi connectivity index (χ2n) is 7.04. The Bertz CT molecular complexity index is 829. The molecular formula is C23H24F2N2. The molecule has 27 heavy (non-hydrogen) atoms. The Morgan fingerprint density at radius 2 is 0.963 bits per heavy atom. The lowest BCUT2D eigenvalue weighted by Gasteiger charge is -2.22. The minimum Gasteiger partial charge on any atom is -0.378 e. The van der Waals surface area contributed by atoms with Gasteiger partial charge in [-0.25, -0.2) is 8.78 Å². The van der Waals surface area contributed by atoms with Crippen molar-refractivity contribution < 1.29 is 8.78 Å². The Balaban J connectivity index is 2.14. The molecule has 0 amide bonds. The molecule has 0 saturated heterocycles. The molecule has 0 saturated carbocycles. The summed E-state index contributed by atoms with van der Waals surface area (Å²) in [7, 11) is 7.85. The van der Waals surface area contributed by atoms with E-state index in [1.165, 1.54) is 18.2 Å². The third-order valence-electron chi connectivity index (χ3n) is 4.77. The number of rotatable bonds is 5. The third kappa shape index (κ3) is 3.95. The maximum atomic E-state index is 14.6. The predicted molar refractivity (Wildman–Crippen MR) is 109 cm³/mol. The highest BCUT2D eigenvalue weighted by Crippen LogP contribution is 2.36. The van der Waals surface area contributed by atoms with Crippen LogP contribution in [0.2, 0.25) is 0 Å². The maximum Gasteiger partial charge on any atom is 0.130 e. The molecule has 0 atom stereocenters. The standard InChI is InChI=1S/C23H24F2N2/c1-26(2)18-12-8-16(9-13-18)22(23-20(24)6-5-7-21(23)25)17-10-14-19(15-11-17)27(3)4/h5-15,22H,1-4H3. The second-order valence-corrected chi connectivity index (χ2v) is 7.04. The quantitative estimate of drug-likeness (QED) is 0.567. The van der Waals surface area contributed by atoms with Crippen LogP contribution in [0.15, 0.2) is 66.7 Å². The van der Waals surface area contributed by atoms with Gasteiger partial charge in [-0.15, -0.1) is 0 Å². The molecule has 0 aliphatic carbocycles. The van der Waals surface area contributed by atoms with Crippen LogP contribution >= 0.6 is 0 Å². The average Bonchev–Trinajstić information content (AvgIpc) is 2.65. The molecule has 0 unspecified atom stereocenters. The van der Waals surface area contributed by atoms with Gasteiger partial charge in [0.1, 0.15) is 11.6 Å². The van der Waals surface area contributed by atoms with Gasteiger partial charge in [-0.2, -0.15) is 0 Å². The van der Waals surface area contributed by atoms with Crippen molar-refractivity contribution in [3.05, 3.63) is 95.1 Å². The van der Waals surface area contributed by atoms with Gasteiger partial charge in [0.15, 0.2) is 0 Å². The first-order valence-electron chi connectivity index (χ1n) is 8.87. The summed E-state index contributed by atoms with van der Waals surface area (Å²) < 4.78 is 29.3. The van der Waals surface area contributed by atoms with E-state index in [9.17, 15) is 8.78 Å². The summed E-state index contributed by atoms with van der Waals surface area (Å²) in [5.74, 6) is -1.58. The fraction of sp³-hybridized carbons (Fsp3) is 0.217. The van der Waals surface area contributed by atoms with Crippen molar-refractivity contribution in [2.24, 2.45) is 0 Å². The molecule has 0 spiro atoms. The van der Waals surface area contributed by atoms with E-state index in [4.69, 9.17) is 0 Å². The third-order valence-corrected chi connectivity index (χ3v) is 4.77. The Morgan fingerprint density at radius 1 is 0.593 bits per heavy atom. The molecule has 3 rings (SSSR count). The molecule has 0 aliphatic heterocycles. The summed E-state index contributed by atoms with van der Waals surface area (Å²) in [4.78, 5) is 3.99. The lowest BCUT2D eigenvalue weighted by Crippen LogP contribution is -2.12. The van der Waals surface area contributed by atoms with Crippen molar-refractivity contribution in [1.29, 1.82) is 0 Å². The number of anilines is 2. The first kappa shape index (κ1) is 18.9. The van der Waals surface area contributed by atoms with Gasteiger partial charge in [0, 0.05) is 51.0 Å². The minimum atomic E-state index is -0.534. The monoisotopic (exact) mass is 366 g/mol. The van der Waals surface area contributed by atoms with Crippen LogP contribution in [0, 0.1) is 11.6 Å². The van der Waals surface area contributed by atoms with E-state index in [-0.39, 0.29) is 5.56 Å². The van der Waals surface area contributed by atoms with Crippen molar-refractivity contribution in [3.8, 4) is 0 Å². The Morgan fingerprint density at radius 3 is 1.30 bits per heavy atom. The highest BCUT2D eigenvalue weighted by atomic mass is 19.1. The summed E-state index contributed by atoms with van der Waals surface area (Å²) in [5.41, 5.74) is 3.85. The smallest absolute Gasteiger partial charge is 0.130 e. The topological polar surface area (TPSA) is 6.48 Å². The summed E-state index contributed by atoms with van der Waals surface area (Å²) in [6.07, 6.45) is 0. The summed E-state index contributed by atoms with van der Waals surface area (Å²) in [5, 5.41) is 0. The molecule has 140 valence electrons. The lowest BCUT2D eigenvalue weighted by molar-refractivity contribution is 0.552. The van der Waals surface area contributed by atoms with Gasteiger partial charge in [0.05, 0.1) is 0 Å². The SMILES string of the molecule is CN(C)c1ccc(C(c2ccc(N(C)C)cc2)c2c(F)cccc2F)cc1. The molecule has 0 radical (unpaired) electrons. The molecule has 0 aliphatic rings. The van der Waals surface area contributed by atoms with Crippen molar-refractivity contribution >= 4 is 11.4 Å². The van der Waals surface area contributed by atoms with Crippen LogP contribution < -0.4 is 9.80 Å². The Kier molecular flexibility index (Phi) is 5.45. The number of hydrogen-bond acceptors (Lipinski definition) is 2. The van der Waals surface area contributed by atoms with Gasteiger partial charge in [-0.1, -0.05) is 30.3 Å². The van der Waals surface area contributed by atoms with Gasteiger partial charge in [-0.3, -0.25) is 0 Å². The van der Waals surface area contributed by atoms with Crippen molar-refractivity contribution in [3.63, 3.8) is 0 Å². The molecule has 3 aromatic rings. The summed E-state index contributed by atoms with van der Waals surface area (Å²) in [6, 6.07) is 19.6. The van der Waals surface area contributed by atoms with Crippen LogP contribution in [-0.2, 0) is 0 Å². The normalized spacial score (nSPS) is 10.9. The number of benzene rings is 3. The van der Waals surface area contributed by atoms with Crippen LogP contribution in [0.25, 0.3) is 0 Å². The van der Waals surface area contributed by atoms with Gasteiger partial charge in [0.25, 0.3) is 0 Å². The van der Waals surface area contributed by atoms with Gasteiger partial charge < -0.3 is 9.80 Å². The average molecular weight is 366 g/mol. The molecular weight excluding hydrogens is 342 g/mol. The fourth-order valence-corrected chi connectivity index (χ4v) is 3.24. The number of nitrogens with zero attached hydrogens (tertiary/aromatic N) is 2. The number of halogens is 2. The van der Waals surface area contributed by atoms with E-state index in [1.54, 1.807) is 0 Å². The summed E-state index contributed by atoms with van der Waals surface area (Å²) >= 11 is 0. The zero-order valence-corrected chi connectivity index (χ0v) is 16.1. The van der Waals surface area contributed by atoms with Crippen LogP contribution in [0.3, 0.4) is 0 Å². The van der Waals surface area contributed by atoms with E-state index >= 15 is 0 Å². The van der Waals surface area contributed by atoms with E-state index in [1.807, 2.05) is 86.5 Å². The molecule has 4 heteroatoms. The Hall–Kier alpha value is -2.88. The molecule has 2 nitrogen and oxygen atoms in total. The van der Waals surface area contributed by atoms with Crippen molar-refractivity contribution in [2.75, 3.05) is 38.0 Å². The molecule has 0 aromatic heterocycles. The molecule has 0 bridgehead atoms. The van der Waals surface area contributed by atoms with Crippen LogP contribution in [-0.4, -0.2) is 28.2 Å². The Labute approximate surface area is 159 Å². The van der Waals surface area contributed by atoms with Crippen molar-refractivity contribution in [2.45, 2.75) is 5.92 Å². The first-order valence-corrected chi connectivity index (χ1v) is 8.87. The first-order chi connectivity index (χ1) is 12.9. The number of hydrogen-bond donors (Lipinski definition) is 0. The van der Waals surface area contributed by atoms with Gasteiger partial charge >= 0.3 is 0 Å². The maximum absolute atomic E-state index is 14.6. The fourth-order valence-electron chi connectivity index (χ4n) is 3.24. The molecule has 0 fully saturated rings. The van der Waals surface area contributed by atoms with E-state index in [0.717, 1.165) is 22.5 Å². The highest BCUT2D eigenvalue weighted by molar-refractivity contribution is 5.53. The van der Waals surface area contributed by atoms with Gasteiger partial charge in [0.2, 0.25) is 0 Å². The van der Waals surface area contributed by atoms with Gasteiger partial charge in [-0.05, 0) is 47.5 Å². The highest BCUT2D eigenvalue weighted by Gasteiger charge is 2.24. The molecule has 3 aromatic carbocycles. The van der Waals surface area contributed by atoms with Crippen LogP contribution in [0.5, 0.6) is 0 Å². The summed E-state index contributed by atoms with van der Waals surface area (Å²) in [6.45, 7) is 0. The van der Waals surface area contributed by atoms with E-state index in [0.29, 0.717) is 0 Å². The lowest BCUT2D eigenvalue weighted by atomic mass is 9.84. The zero-order valence-electron chi connectivity index (χ0n) is 16.1. The zero-order chi connectivity index (χ0) is 19.6. The largest absolute Gasteiger partial charge is 0.378 e. The van der Waals surface area contributed by atoms with Crippen LogP contribution in [0.4, 0.5) is 20.2 Å². The molecule has 0 N–H and O–H groups in total.